The lowest BCUT2D eigenvalue weighted by molar-refractivity contribution is 0.133. The van der Waals surface area contributed by atoms with Crippen molar-refractivity contribution in [3.05, 3.63) is 36.0 Å². The molecule has 1 aromatic heterocycles. The maximum absolute atomic E-state index is 5.82. The van der Waals surface area contributed by atoms with Crippen LogP contribution >= 0.6 is 0 Å². The number of nitrogens with zero attached hydrogens (tertiary/aromatic N) is 1. The first-order valence-corrected chi connectivity index (χ1v) is 11.8. The van der Waals surface area contributed by atoms with Gasteiger partial charge in [0.15, 0.2) is 0 Å². The van der Waals surface area contributed by atoms with Gasteiger partial charge in [-0.2, -0.15) is 0 Å². The Labute approximate surface area is 139 Å². The standard InChI is InChI=1S/C18H27NO3Si/c1-20-7-8-22-17-12-16-11-15(5-6-18(16)19-13-17)14-21-9-10-23(2,3)4/h5-6,11-13H,7-10,14H2,1-4H3. The van der Waals surface area contributed by atoms with Gasteiger partial charge in [0.1, 0.15) is 12.4 Å². The SMILES string of the molecule is COCCOc1cnc2ccc(COCC[Si](C)(C)C)cc2c1. The highest BCUT2D eigenvalue weighted by molar-refractivity contribution is 6.76. The van der Waals surface area contributed by atoms with Crippen LogP contribution in [0.1, 0.15) is 5.56 Å². The summed E-state index contributed by atoms with van der Waals surface area (Å²) in [6, 6.07) is 9.45. The Hall–Kier alpha value is -1.43. The second-order valence-corrected chi connectivity index (χ2v) is 12.5. The van der Waals surface area contributed by atoms with Crippen molar-refractivity contribution in [2.24, 2.45) is 0 Å². The predicted molar refractivity (Wildman–Crippen MR) is 96.9 cm³/mol. The molecule has 0 atom stereocenters. The summed E-state index contributed by atoms with van der Waals surface area (Å²) < 4.78 is 16.4. The zero-order valence-electron chi connectivity index (χ0n) is 14.6. The van der Waals surface area contributed by atoms with Crippen molar-refractivity contribution in [1.29, 1.82) is 0 Å². The van der Waals surface area contributed by atoms with Crippen LogP contribution in [-0.2, 0) is 16.1 Å². The van der Waals surface area contributed by atoms with E-state index < -0.39 is 8.07 Å². The van der Waals surface area contributed by atoms with E-state index in [1.165, 1.54) is 11.6 Å². The maximum atomic E-state index is 5.82. The van der Waals surface area contributed by atoms with Gasteiger partial charge in [-0.1, -0.05) is 25.7 Å². The van der Waals surface area contributed by atoms with Crippen molar-refractivity contribution >= 4 is 19.0 Å². The Balaban J connectivity index is 1.96. The van der Waals surface area contributed by atoms with E-state index in [9.17, 15) is 0 Å². The summed E-state index contributed by atoms with van der Waals surface area (Å²) in [6.07, 6.45) is 1.75. The van der Waals surface area contributed by atoms with Crippen LogP contribution in [-0.4, -0.2) is 40.0 Å². The lowest BCUT2D eigenvalue weighted by Crippen LogP contribution is -2.21. The summed E-state index contributed by atoms with van der Waals surface area (Å²) in [4.78, 5) is 4.43. The maximum Gasteiger partial charge on any atom is 0.138 e. The molecule has 0 aliphatic heterocycles. The van der Waals surface area contributed by atoms with E-state index in [0.29, 0.717) is 19.8 Å². The van der Waals surface area contributed by atoms with Gasteiger partial charge in [0.2, 0.25) is 0 Å². The molecule has 0 fully saturated rings. The van der Waals surface area contributed by atoms with Crippen LogP contribution in [0.2, 0.25) is 25.7 Å². The third kappa shape index (κ3) is 6.29. The molecular formula is C18H27NO3Si. The molecule has 0 amide bonds. The second-order valence-electron chi connectivity index (χ2n) is 6.90. The van der Waals surface area contributed by atoms with Crippen molar-refractivity contribution in [2.75, 3.05) is 26.9 Å². The molecule has 0 radical (unpaired) electrons. The summed E-state index contributed by atoms with van der Waals surface area (Å²) >= 11 is 0. The molecule has 2 aromatic rings. The van der Waals surface area contributed by atoms with E-state index in [-0.39, 0.29) is 0 Å². The Kier molecular flexibility index (Phi) is 6.56. The predicted octanol–water partition coefficient (Wildman–Crippen LogP) is 4.11. The van der Waals surface area contributed by atoms with Crippen LogP contribution in [0.25, 0.3) is 10.9 Å². The molecule has 0 N–H and O–H groups in total. The summed E-state index contributed by atoms with van der Waals surface area (Å²) in [5.41, 5.74) is 2.14. The summed E-state index contributed by atoms with van der Waals surface area (Å²) in [7, 11) is 0.639. The fourth-order valence-electron chi connectivity index (χ4n) is 2.14. The number of pyridine rings is 1. The Bertz CT molecular complexity index is 625. The molecule has 0 bridgehead atoms. The lowest BCUT2D eigenvalue weighted by Gasteiger charge is -2.15. The number of benzene rings is 1. The molecule has 2 rings (SSSR count). The zero-order chi connectivity index (χ0) is 16.7. The van der Waals surface area contributed by atoms with E-state index in [1.807, 2.05) is 12.1 Å². The van der Waals surface area contributed by atoms with E-state index in [0.717, 1.165) is 23.3 Å². The quantitative estimate of drug-likeness (QED) is 0.511. The molecule has 23 heavy (non-hydrogen) atoms. The smallest absolute Gasteiger partial charge is 0.138 e. The first-order chi connectivity index (χ1) is 11.0. The average Bonchev–Trinajstić information content (AvgIpc) is 2.50. The lowest BCUT2D eigenvalue weighted by atomic mass is 10.1. The van der Waals surface area contributed by atoms with E-state index in [1.54, 1.807) is 13.3 Å². The molecule has 0 unspecified atom stereocenters. The minimum atomic E-state index is -1.02. The van der Waals surface area contributed by atoms with Gasteiger partial charge in [-0.3, -0.25) is 4.98 Å². The van der Waals surface area contributed by atoms with E-state index >= 15 is 0 Å². The van der Waals surface area contributed by atoms with Crippen LogP contribution in [0.4, 0.5) is 0 Å². The van der Waals surface area contributed by atoms with E-state index in [2.05, 4.69) is 36.8 Å². The van der Waals surface area contributed by atoms with Crippen molar-refractivity contribution in [2.45, 2.75) is 32.3 Å². The third-order valence-electron chi connectivity index (χ3n) is 3.54. The summed E-state index contributed by atoms with van der Waals surface area (Å²) in [5, 5.41) is 1.08. The first kappa shape index (κ1) is 17.9. The number of hydrogen-bond donors (Lipinski definition) is 0. The van der Waals surface area contributed by atoms with Crippen molar-refractivity contribution in [3.8, 4) is 5.75 Å². The van der Waals surface area contributed by atoms with Crippen molar-refractivity contribution < 1.29 is 14.2 Å². The van der Waals surface area contributed by atoms with Crippen LogP contribution < -0.4 is 4.74 Å². The van der Waals surface area contributed by atoms with Gasteiger partial charge in [0.05, 0.1) is 24.9 Å². The highest BCUT2D eigenvalue weighted by atomic mass is 28.3. The molecule has 4 nitrogen and oxygen atoms in total. The van der Waals surface area contributed by atoms with Gasteiger partial charge in [0.25, 0.3) is 0 Å². The van der Waals surface area contributed by atoms with Gasteiger partial charge in [-0.15, -0.1) is 0 Å². The normalized spacial score (nSPS) is 11.8. The fraction of sp³-hybridized carbons (Fsp3) is 0.500. The largest absolute Gasteiger partial charge is 0.490 e. The van der Waals surface area contributed by atoms with Crippen LogP contribution in [0.5, 0.6) is 5.75 Å². The molecular weight excluding hydrogens is 306 g/mol. The van der Waals surface area contributed by atoms with Gasteiger partial charge < -0.3 is 14.2 Å². The Morgan fingerprint density at radius 1 is 1.04 bits per heavy atom. The number of fused-ring (bicyclic) bond motifs is 1. The first-order valence-electron chi connectivity index (χ1n) is 8.06. The number of ether oxygens (including phenoxy) is 3. The molecule has 0 aliphatic carbocycles. The van der Waals surface area contributed by atoms with E-state index in [4.69, 9.17) is 14.2 Å². The molecule has 1 aromatic carbocycles. The minimum absolute atomic E-state index is 0.531. The van der Waals surface area contributed by atoms with Crippen LogP contribution in [0, 0.1) is 0 Å². The van der Waals surface area contributed by atoms with Gasteiger partial charge >= 0.3 is 0 Å². The highest BCUT2D eigenvalue weighted by Crippen LogP contribution is 2.20. The fourth-order valence-corrected chi connectivity index (χ4v) is 2.90. The van der Waals surface area contributed by atoms with Crippen LogP contribution in [0.3, 0.4) is 0 Å². The topological polar surface area (TPSA) is 40.6 Å². The highest BCUT2D eigenvalue weighted by Gasteiger charge is 2.12. The van der Waals surface area contributed by atoms with Gasteiger partial charge in [0, 0.05) is 27.2 Å². The summed E-state index contributed by atoms with van der Waals surface area (Å²) in [5.74, 6) is 0.770. The van der Waals surface area contributed by atoms with Crippen molar-refractivity contribution in [3.63, 3.8) is 0 Å². The monoisotopic (exact) mass is 333 g/mol. The molecule has 0 aliphatic rings. The Morgan fingerprint density at radius 3 is 2.61 bits per heavy atom. The molecule has 5 heteroatoms. The van der Waals surface area contributed by atoms with Crippen molar-refractivity contribution in [1.82, 2.24) is 4.98 Å². The third-order valence-corrected chi connectivity index (χ3v) is 5.25. The molecule has 0 saturated heterocycles. The molecule has 1 heterocycles. The molecule has 0 spiro atoms. The number of methoxy groups -OCH3 is 1. The van der Waals surface area contributed by atoms with Gasteiger partial charge in [-0.25, -0.2) is 0 Å². The Morgan fingerprint density at radius 2 is 1.87 bits per heavy atom. The average molecular weight is 334 g/mol. The molecule has 0 saturated carbocycles. The number of hydrogen-bond acceptors (Lipinski definition) is 4. The summed E-state index contributed by atoms with van der Waals surface area (Å²) in [6.45, 7) is 9.68. The number of aromatic nitrogens is 1. The minimum Gasteiger partial charge on any atom is -0.490 e. The number of rotatable bonds is 9. The van der Waals surface area contributed by atoms with Crippen LogP contribution in [0.15, 0.2) is 30.5 Å². The zero-order valence-corrected chi connectivity index (χ0v) is 15.6. The molecule has 126 valence electrons. The van der Waals surface area contributed by atoms with Gasteiger partial charge in [-0.05, 0) is 29.8 Å². The second kappa shape index (κ2) is 8.43.